The number of aromatic nitrogens is 2. The molecule has 1 atom stereocenters. The van der Waals surface area contributed by atoms with Gasteiger partial charge in [-0.3, -0.25) is 14.9 Å². The molecule has 1 aromatic carbocycles. The SMILES string of the molecule is Cc1nn(C)c(Oc2cc(O[C@@H](C)C(=O)O)c(Cl)cc2Cl)c1C=C1SC(=O)NC1=O. The molecule has 2 amide bonds. The largest absolute Gasteiger partial charge is 0.479 e. The number of carboxylic acids is 1. The zero-order valence-electron chi connectivity index (χ0n) is 15.9. The number of nitrogens with one attached hydrogen (secondary N) is 1. The fraction of sp³-hybridized carbons (Fsp3) is 0.222. The molecule has 1 saturated heterocycles. The summed E-state index contributed by atoms with van der Waals surface area (Å²) in [5.74, 6) is -1.23. The van der Waals surface area contributed by atoms with Crippen molar-refractivity contribution in [2.24, 2.45) is 7.05 Å². The number of imide groups is 1. The fourth-order valence-electron chi connectivity index (χ4n) is 2.52. The Morgan fingerprint density at radius 1 is 1.30 bits per heavy atom. The third kappa shape index (κ3) is 4.55. The van der Waals surface area contributed by atoms with E-state index in [0.717, 1.165) is 11.8 Å². The Hall–Kier alpha value is -2.69. The minimum Gasteiger partial charge on any atom is -0.479 e. The second-order valence-electron chi connectivity index (χ2n) is 6.19. The average molecular weight is 472 g/mol. The molecule has 0 unspecified atom stereocenters. The molecule has 0 aliphatic carbocycles. The minimum atomic E-state index is -1.17. The molecule has 2 heterocycles. The van der Waals surface area contributed by atoms with E-state index >= 15 is 0 Å². The number of benzene rings is 1. The summed E-state index contributed by atoms with van der Waals surface area (Å²) < 4.78 is 12.7. The molecular weight excluding hydrogens is 457 g/mol. The smallest absolute Gasteiger partial charge is 0.344 e. The van der Waals surface area contributed by atoms with Gasteiger partial charge in [-0.25, -0.2) is 9.48 Å². The number of nitrogens with zero attached hydrogens (tertiary/aromatic N) is 2. The number of hydrogen-bond acceptors (Lipinski definition) is 7. The van der Waals surface area contributed by atoms with Crippen LogP contribution < -0.4 is 14.8 Å². The lowest BCUT2D eigenvalue weighted by Crippen LogP contribution is -2.23. The van der Waals surface area contributed by atoms with E-state index in [1.165, 1.54) is 29.8 Å². The molecule has 2 N–H and O–H groups in total. The third-order valence-corrected chi connectivity index (χ3v) is 5.38. The predicted octanol–water partition coefficient (Wildman–Crippen LogP) is 4.00. The van der Waals surface area contributed by atoms with Crippen molar-refractivity contribution in [2.75, 3.05) is 0 Å². The van der Waals surface area contributed by atoms with Gasteiger partial charge in [-0.15, -0.1) is 0 Å². The number of aryl methyl sites for hydroxylation is 2. The van der Waals surface area contributed by atoms with Gasteiger partial charge in [-0.05, 0) is 37.8 Å². The zero-order valence-corrected chi connectivity index (χ0v) is 18.2. The van der Waals surface area contributed by atoms with Crippen LogP contribution in [0, 0.1) is 6.92 Å². The molecule has 0 bridgehead atoms. The summed E-state index contributed by atoms with van der Waals surface area (Å²) in [6, 6.07) is 2.73. The van der Waals surface area contributed by atoms with Crippen molar-refractivity contribution in [1.29, 1.82) is 0 Å². The molecule has 0 radical (unpaired) electrons. The number of carbonyl (C=O) groups excluding carboxylic acids is 2. The van der Waals surface area contributed by atoms with Crippen LogP contribution in [0.1, 0.15) is 18.2 Å². The van der Waals surface area contributed by atoms with Crippen molar-refractivity contribution in [3.63, 3.8) is 0 Å². The summed E-state index contributed by atoms with van der Waals surface area (Å²) in [6.07, 6.45) is 0.349. The maximum atomic E-state index is 11.9. The number of amides is 2. The monoisotopic (exact) mass is 471 g/mol. The van der Waals surface area contributed by atoms with E-state index in [0.29, 0.717) is 11.3 Å². The van der Waals surface area contributed by atoms with Gasteiger partial charge in [0.05, 0.1) is 26.2 Å². The highest BCUT2D eigenvalue weighted by Gasteiger charge is 2.27. The zero-order chi connectivity index (χ0) is 22.2. The Kier molecular flexibility index (Phi) is 6.30. The number of aliphatic carboxylic acids is 1. The Morgan fingerprint density at radius 3 is 2.57 bits per heavy atom. The summed E-state index contributed by atoms with van der Waals surface area (Å²) in [5.41, 5.74) is 1.02. The van der Waals surface area contributed by atoms with Gasteiger partial charge in [0.2, 0.25) is 5.88 Å². The van der Waals surface area contributed by atoms with Gasteiger partial charge >= 0.3 is 5.97 Å². The highest BCUT2D eigenvalue weighted by atomic mass is 35.5. The van der Waals surface area contributed by atoms with Crippen LogP contribution in [-0.4, -0.2) is 38.1 Å². The highest BCUT2D eigenvalue weighted by Crippen LogP contribution is 2.40. The first-order chi connectivity index (χ1) is 14.1. The summed E-state index contributed by atoms with van der Waals surface area (Å²) in [6.45, 7) is 3.07. The van der Waals surface area contributed by atoms with Crippen LogP contribution in [0.15, 0.2) is 17.0 Å². The normalized spacial score (nSPS) is 16.0. The quantitative estimate of drug-likeness (QED) is 0.606. The molecule has 12 heteroatoms. The summed E-state index contributed by atoms with van der Waals surface area (Å²) in [4.78, 5) is 34.6. The van der Waals surface area contributed by atoms with Gasteiger partial charge in [-0.1, -0.05) is 23.2 Å². The van der Waals surface area contributed by atoms with E-state index in [1.807, 2.05) is 0 Å². The van der Waals surface area contributed by atoms with Gasteiger partial charge in [0, 0.05) is 13.1 Å². The van der Waals surface area contributed by atoms with Crippen LogP contribution >= 0.6 is 35.0 Å². The number of carbonyl (C=O) groups is 3. The maximum Gasteiger partial charge on any atom is 0.344 e. The lowest BCUT2D eigenvalue weighted by atomic mass is 10.2. The van der Waals surface area contributed by atoms with Crippen LogP contribution in [-0.2, 0) is 16.6 Å². The van der Waals surface area contributed by atoms with Crippen molar-refractivity contribution in [1.82, 2.24) is 15.1 Å². The van der Waals surface area contributed by atoms with Crippen molar-refractivity contribution in [2.45, 2.75) is 20.0 Å². The van der Waals surface area contributed by atoms with Crippen molar-refractivity contribution in [3.05, 3.63) is 38.3 Å². The number of rotatable bonds is 6. The van der Waals surface area contributed by atoms with Crippen LogP contribution in [0.3, 0.4) is 0 Å². The molecule has 3 rings (SSSR count). The predicted molar refractivity (Wildman–Crippen MR) is 111 cm³/mol. The minimum absolute atomic E-state index is 0.0704. The van der Waals surface area contributed by atoms with E-state index in [9.17, 15) is 14.4 Å². The van der Waals surface area contributed by atoms with Gasteiger partial charge in [-0.2, -0.15) is 5.10 Å². The van der Waals surface area contributed by atoms with Crippen molar-refractivity contribution >= 4 is 58.2 Å². The maximum absolute atomic E-state index is 11.9. The lowest BCUT2D eigenvalue weighted by molar-refractivity contribution is -0.144. The second kappa shape index (κ2) is 8.58. The lowest BCUT2D eigenvalue weighted by Gasteiger charge is -2.15. The fourth-order valence-corrected chi connectivity index (χ4v) is 3.65. The summed E-state index contributed by atoms with van der Waals surface area (Å²) in [5, 5.41) is 15.3. The third-order valence-electron chi connectivity index (χ3n) is 3.98. The molecular formula is C18H15Cl2N3O6S. The molecule has 1 aliphatic rings. The van der Waals surface area contributed by atoms with E-state index in [-0.39, 0.29) is 32.3 Å². The van der Waals surface area contributed by atoms with Gasteiger partial charge < -0.3 is 14.6 Å². The molecule has 30 heavy (non-hydrogen) atoms. The standard InChI is InChI=1S/C18H15Cl2N3O6S/c1-7-9(4-14-15(24)21-18(27)30-14)16(23(3)22-7)29-13-6-12(10(19)5-11(13)20)28-8(2)17(25)26/h4-6,8H,1-3H3,(H,25,26)(H,21,24,27)/t8-/m0/s1. The van der Waals surface area contributed by atoms with E-state index < -0.39 is 23.2 Å². The average Bonchev–Trinajstić information content (AvgIpc) is 3.10. The summed E-state index contributed by atoms with van der Waals surface area (Å²) >= 11 is 13.1. The molecule has 0 saturated carbocycles. The molecule has 2 aromatic rings. The van der Waals surface area contributed by atoms with Gasteiger partial charge in [0.25, 0.3) is 11.1 Å². The van der Waals surface area contributed by atoms with Crippen LogP contribution in [0.5, 0.6) is 17.4 Å². The topological polar surface area (TPSA) is 120 Å². The first kappa shape index (κ1) is 22.0. The Balaban J connectivity index is 1.99. The Morgan fingerprint density at radius 2 is 1.97 bits per heavy atom. The molecule has 0 spiro atoms. The second-order valence-corrected chi connectivity index (χ2v) is 8.02. The molecule has 9 nitrogen and oxygen atoms in total. The van der Waals surface area contributed by atoms with Crippen LogP contribution in [0.4, 0.5) is 4.79 Å². The first-order valence-electron chi connectivity index (χ1n) is 8.41. The summed E-state index contributed by atoms with van der Waals surface area (Å²) in [7, 11) is 1.63. The molecule has 1 aliphatic heterocycles. The van der Waals surface area contributed by atoms with E-state index in [2.05, 4.69) is 10.4 Å². The molecule has 1 aromatic heterocycles. The van der Waals surface area contributed by atoms with Crippen LogP contribution in [0.2, 0.25) is 10.0 Å². The number of halogens is 2. The van der Waals surface area contributed by atoms with E-state index in [1.54, 1.807) is 14.0 Å². The number of thioether (sulfide) groups is 1. The van der Waals surface area contributed by atoms with E-state index in [4.69, 9.17) is 37.8 Å². The number of carboxylic acid groups (broad SMARTS) is 1. The Bertz CT molecular complexity index is 1100. The van der Waals surface area contributed by atoms with Crippen molar-refractivity contribution in [3.8, 4) is 17.4 Å². The van der Waals surface area contributed by atoms with Gasteiger partial charge in [0.1, 0.15) is 5.75 Å². The van der Waals surface area contributed by atoms with Crippen molar-refractivity contribution < 1.29 is 29.0 Å². The first-order valence-corrected chi connectivity index (χ1v) is 9.99. The van der Waals surface area contributed by atoms with Crippen LogP contribution in [0.25, 0.3) is 6.08 Å². The van der Waals surface area contributed by atoms with Gasteiger partial charge in [0.15, 0.2) is 11.9 Å². The Labute approximate surface area is 184 Å². The molecule has 158 valence electrons. The number of ether oxygens (including phenoxy) is 2. The highest BCUT2D eigenvalue weighted by molar-refractivity contribution is 8.18. The molecule has 1 fully saturated rings. The number of hydrogen-bond donors (Lipinski definition) is 2.